The Bertz CT molecular complexity index is 1110. The predicted molar refractivity (Wildman–Crippen MR) is 123 cm³/mol. The van der Waals surface area contributed by atoms with Crippen LogP contribution in [0.3, 0.4) is 0 Å². The Morgan fingerprint density at radius 2 is 1.97 bits per heavy atom. The molecule has 32 heavy (non-hydrogen) atoms. The second-order valence-corrected chi connectivity index (χ2v) is 8.44. The highest BCUT2D eigenvalue weighted by molar-refractivity contribution is 7.17. The molecule has 1 aliphatic heterocycles. The number of hydrogen-bond donors (Lipinski definition) is 2. The fourth-order valence-electron chi connectivity index (χ4n) is 3.83. The van der Waals surface area contributed by atoms with E-state index < -0.39 is 6.16 Å². The van der Waals surface area contributed by atoms with E-state index in [4.69, 9.17) is 29.3 Å². The fraction of sp³-hybridized carbons (Fsp3) is 0.409. The van der Waals surface area contributed by atoms with E-state index in [1.54, 1.807) is 25.6 Å². The Labute approximate surface area is 189 Å². The van der Waals surface area contributed by atoms with E-state index in [1.165, 1.54) is 0 Å². The number of rotatable bonds is 7. The molecule has 1 fully saturated rings. The third-order valence-electron chi connectivity index (χ3n) is 5.51. The summed E-state index contributed by atoms with van der Waals surface area (Å²) in [6, 6.07) is 5.82. The monoisotopic (exact) mass is 458 g/mol. The lowest BCUT2D eigenvalue weighted by molar-refractivity contribution is 0.0415. The number of benzene rings is 1. The molecule has 0 spiro atoms. The van der Waals surface area contributed by atoms with Gasteiger partial charge in [-0.3, -0.25) is 0 Å². The third-order valence-corrected chi connectivity index (χ3v) is 6.50. The van der Waals surface area contributed by atoms with Crippen LogP contribution in [0, 0.1) is 6.92 Å². The van der Waals surface area contributed by atoms with Crippen LogP contribution in [-0.2, 0) is 11.3 Å². The molecule has 10 heteroatoms. The first-order chi connectivity index (χ1) is 15.5. The van der Waals surface area contributed by atoms with Crippen LogP contribution in [0.2, 0.25) is 0 Å². The molecule has 0 bridgehead atoms. The second kappa shape index (κ2) is 9.47. The lowest BCUT2D eigenvalue weighted by atomic mass is 10.1. The van der Waals surface area contributed by atoms with E-state index in [2.05, 4.69) is 22.5 Å². The van der Waals surface area contributed by atoms with Crippen molar-refractivity contribution in [1.29, 1.82) is 0 Å². The highest BCUT2D eigenvalue weighted by Gasteiger charge is 2.25. The number of aromatic nitrogens is 2. The Morgan fingerprint density at radius 3 is 2.66 bits per heavy atom. The van der Waals surface area contributed by atoms with Crippen molar-refractivity contribution in [3.63, 3.8) is 0 Å². The van der Waals surface area contributed by atoms with Crippen molar-refractivity contribution >= 4 is 39.5 Å². The first kappa shape index (κ1) is 21.9. The molecular formula is C22H26N4O5S. The summed E-state index contributed by atoms with van der Waals surface area (Å²) in [5.41, 5.74) is 2.16. The number of nitrogens with one attached hydrogen (secondary N) is 1. The first-order valence-electron chi connectivity index (χ1n) is 10.3. The highest BCUT2D eigenvalue weighted by atomic mass is 32.1. The standard InChI is InChI=1S/C22H26N4O5S/c1-13-12-32-20-18(13)19(23-11-14-4-5-16(29-2)17(10-14)30-3)24-21(25-20)26-8-6-15(7-9-26)31-22(27)28/h4-5,10,12,15H,6-9,11H2,1-3H3,(H,27,28)(H,23,24,25). The highest BCUT2D eigenvalue weighted by Crippen LogP contribution is 2.33. The maximum Gasteiger partial charge on any atom is 0.506 e. The number of piperidine rings is 1. The van der Waals surface area contributed by atoms with E-state index in [9.17, 15) is 4.79 Å². The Morgan fingerprint density at radius 1 is 1.22 bits per heavy atom. The summed E-state index contributed by atoms with van der Waals surface area (Å²) in [5.74, 6) is 2.79. The smallest absolute Gasteiger partial charge is 0.493 e. The van der Waals surface area contributed by atoms with E-state index >= 15 is 0 Å². The van der Waals surface area contributed by atoms with Crippen LogP contribution in [-0.4, -0.2) is 54.6 Å². The molecule has 0 saturated carbocycles. The predicted octanol–water partition coefficient (Wildman–Crippen LogP) is 4.29. The van der Waals surface area contributed by atoms with E-state index in [-0.39, 0.29) is 6.10 Å². The number of carboxylic acid groups (broad SMARTS) is 1. The van der Waals surface area contributed by atoms with Crippen LogP contribution in [0.5, 0.6) is 11.5 Å². The van der Waals surface area contributed by atoms with Crippen molar-refractivity contribution in [3.05, 3.63) is 34.7 Å². The molecule has 0 atom stereocenters. The van der Waals surface area contributed by atoms with E-state index in [1.807, 2.05) is 18.2 Å². The van der Waals surface area contributed by atoms with Gasteiger partial charge in [-0.2, -0.15) is 4.98 Å². The van der Waals surface area contributed by atoms with Crippen molar-refractivity contribution in [2.75, 3.05) is 37.5 Å². The average molecular weight is 459 g/mol. The topological polar surface area (TPSA) is 106 Å². The molecule has 2 N–H and O–H groups in total. The van der Waals surface area contributed by atoms with Gasteiger partial charge in [0, 0.05) is 32.5 Å². The van der Waals surface area contributed by atoms with Crippen LogP contribution in [0.4, 0.5) is 16.6 Å². The summed E-state index contributed by atoms with van der Waals surface area (Å²) >= 11 is 1.59. The summed E-state index contributed by atoms with van der Waals surface area (Å²) in [5, 5.41) is 15.4. The third kappa shape index (κ3) is 4.64. The Hall–Kier alpha value is -3.27. The fourth-order valence-corrected chi connectivity index (χ4v) is 4.75. The summed E-state index contributed by atoms with van der Waals surface area (Å²) in [4.78, 5) is 23.4. The van der Waals surface area contributed by atoms with Crippen LogP contribution in [0.25, 0.3) is 10.2 Å². The maximum absolute atomic E-state index is 10.8. The number of aryl methyl sites for hydroxylation is 1. The summed E-state index contributed by atoms with van der Waals surface area (Å²) in [6.45, 7) is 3.90. The van der Waals surface area contributed by atoms with Crippen LogP contribution in [0.15, 0.2) is 23.6 Å². The quantitative estimate of drug-likeness (QED) is 0.501. The van der Waals surface area contributed by atoms with Crippen LogP contribution >= 0.6 is 11.3 Å². The number of ether oxygens (including phenoxy) is 3. The average Bonchev–Trinajstić information content (AvgIpc) is 3.18. The van der Waals surface area contributed by atoms with Gasteiger partial charge in [0.1, 0.15) is 16.8 Å². The number of fused-ring (bicyclic) bond motifs is 1. The molecule has 1 aliphatic rings. The Kier molecular flexibility index (Phi) is 6.50. The number of methoxy groups -OCH3 is 2. The maximum atomic E-state index is 10.8. The number of nitrogens with zero attached hydrogens (tertiary/aromatic N) is 3. The van der Waals surface area contributed by atoms with E-state index in [0.29, 0.717) is 49.9 Å². The van der Waals surface area contributed by atoms with Gasteiger partial charge < -0.3 is 29.5 Å². The van der Waals surface area contributed by atoms with Crippen molar-refractivity contribution in [1.82, 2.24) is 9.97 Å². The van der Waals surface area contributed by atoms with Gasteiger partial charge in [0.05, 0.1) is 19.6 Å². The van der Waals surface area contributed by atoms with Gasteiger partial charge in [-0.1, -0.05) is 6.07 Å². The van der Waals surface area contributed by atoms with Gasteiger partial charge >= 0.3 is 6.16 Å². The molecule has 2 aromatic heterocycles. The van der Waals surface area contributed by atoms with Crippen LogP contribution < -0.4 is 19.7 Å². The zero-order chi connectivity index (χ0) is 22.7. The minimum atomic E-state index is -1.23. The minimum Gasteiger partial charge on any atom is -0.493 e. The van der Waals surface area contributed by atoms with Crippen molar-refractivity contribution in [3.8, 4) is 11.5 Å². The van der Waals surface area contributed by atoms with Crippen molar-refractivity contribution in [2.45, 2.75) is 32.4 Å². The molecule has 1 aromatic carbocycles. The molecule has 9 nitrogen and oxygen atoms in total. The summed E-state index contributed by atoms with van der Waals surface area (Å²) < 4.78 is 15.6. The first-order valence-corrected chi connectivity index (χ1v) is 11.2. The Balaban J connectivity index is 1.55. The minimum absolute atomic E-state index is 0.279. The van der Waals surface area contributed by atoms with Gasteiger partial charge in [-0.05, 0) is 35.6 Å². The van der Waals surface area contributed by atoms with Gasteiger partial charge in [0.15, 0.2) is 11.5 Å². The normalized spacial score (nSPS) is 14.4. The molecule has 1 saturated heterocycles. The molecule has 0 aliphatic carbocycles. The van der Waals surface area contributed by atoms with Crippen molar-refractivity contribution in [2.24, 2.45) is 0 Å². The molecule has 0 radical (unpaired) electrons. The van der Waals surface area contributed by atoms with Gasteiger partial charge in [-0.25, -0.2) is 9.78 Å². The molecule has 3 aromatic rings. The molecule has 170 valence electrons. The van der Waals surface area contributed by atoms with Crippen LogP contribution in [0.1, 0.15) is 24.0 Å². The summed E-state index contributed by atoms with van der Waals surface area (Å²) in [7, 11) is 3.24. The SMILES string of the molecule is COc1ccc(CNc2nc(N3CCC(OC(=O)O)CC3)nc3scc(C)c23)cc1OC. The molecule has 0 unspecified atom stereocenters. The van der Waals surface area contributed by atoms with Gasteiger partial charge in [0.2, 0.25) is 5.95 Å². The molecular weight excluding hydrogens is 432 g/mol. The van der Waals surface area contributed by atoms with E-state index in [0.717, 1.165) is 27.2 Å². The lowest BCUT2D eigenvalue weighted by Crippen LogP contribution is -2.38. The van der Waals surface area contributed by atoms with Gasteiger partial charge in [0.25, 0.3) is 0 Å². The lowest BCUT2D eigenvalue weighted by Gasteiger charge is -2.31. The second-order valence-electron chi connectivity index (χ2n) is 7.58. The number of anilines is 2. The van der Waals surface area contributed by atoms with Gasteiger partial charge in [-0.15, -0.1) is 11.3 Å². The summed E-state index contributed by atoms with van der Waals surface area (Å²) in [6.07, 6.45) is -0.270. The van der Waals surface area contributed by atoms with Crippen molar-refractivity contribution < 1.29 is 24.1 Å². The largest absolute Gasteiger partial charge is 0.506 e. The molecule has 4 rings (SSSR count). The zero-order valence-electron chi connectivity index (χ0n) is 18.3. The molecule has 3 heterocycles. The zero-order valence-corrected chi connectivity index (χ0v) is 19.1. The number of hydrogen-bond acceptors (Lipinski definition) is 9. The number of carbonyl (C=O) groups is 1. The molecule has 0 amide bonds. The number of thiophene rings is 1.